The van der Waals surface area contributed by atoms with Crippen molar-refractivity contribution in [1.82, 2.24) is 5.32 Å². The van der Waals surface area contributed by atoms with E-state index in [1.807, 2.05) is 0 Å². The van der Waals surface area contributed by atoms with Crippen LogP contribution in [0.4, 0.5) is 0 Å². The molecule has 0 aliphatic heterocycles. The topological polar surface area (TPSA) is 55.2 Å². The lowest BCUT2D eigenvalue weighted by Crippen LogP contribution is -2.23. The zero-order valence-electron chi connectivity index (χ0n) is 13.8. The van der Waals surface area contributed by atoms with E-state index in [0.29, 0.717) is 12.3 Å². The smallest absolute Gasteiger partial charge is 0.216 e. The molecule has 0 fully saturated rings. The average Bonchev–Trinajstić information content (AvgIpc) is 2.50. The number of nitrogens with zero attached hydrogens (tertiary/aromatic N) is 1. The molecule has 0 saturated heterocycles. The Morgan fingerprint density at radius 3 is 2.67 bits per heavy atom. The number of hydrogen-bond acceptors (Lipinski definition) is 3. The Labute approximate surface area is 129 Å². The second-order valence-electron chi connectivity index (χ2n) is 6.20. The summed E-state index contributed by atoms with van der Waals surface area (Å²) >= 11 is 0. The first-order chi connectivity index (χ1) is 10.2. The molecule has 1 aliphatic rings. The highest BCUT2D eigenvalue weighted by Gasteiger charge is 2.25. The van der Waals surface area contributed by atoms with Crippen molar-refractivity contribution in [2.75, 3.05) is 13.1 Å². The third kappa shape index (κ3) is 7.07. The molecule has 21 heavy (non-hydrogen) atoms. The van der Waals surface area contributed by atoms with Gasteiger partial charge in [-0.05, 0) is 51.1 Å². The van der Waals surface area contributed by atoms with Crippen molar-refractivity contribution >= 4 is 0 Å². The van der Waals surface area contributed by atoms with Crippen molar-refractivity contribution in [3.05, 3.63) is 21.8 Å². The summed E-state index contributed by atoms with van der Waals surface area (Å²) in [6.07, 6.45) is 11.9. The molecule has 1 N–H and O–H groups in total. The minimum absolute atomic E-state index is 0.117. The Hall–Kier alpha value is -0.900. The number of rotatable bonds is 11. The van der Waals surface area contributed by atoms with Gasteiger partial charge in [0.2, 0.25) is 6.04 Å². The van der Waals surface area contributed by atoms with Gasteiger partial charge < -0.3 is 5.32 Å². The summed E-state index contributed by atoms with van der Waals surface area (Å²) in [4.78, 5) is 10.7. The molecule has 0 amide bonds. The fourth-order valence-corrected chi connectivity index (χ4v) is 3.15. The first-order valence-electron chi connectivity index (χ1n) is 8.72. The van der Waals surface area contributed by atoms with E-state index in [2.05, 4.69) is 25.2 Å². The molecule has 0 aromatic carbocycles. The molecule has 1 aliphatic carbocycles. The summed E-state index contributed by atoms with van der Waals surface area (Å²) < 4.78 is 0. The fourth-order valence-electron chi connectivity index (χ4n) is 3.15. The second kappa shape index (κ2) is 10.8. The van der Waals surface area contributed by atoms with Gasteiger partial charge in [0.25, 0.3) is 0 Å². The highest BCUT2D eigenvalue weighted by Crippen LogP contribution is 2.30. The summed E-state index contributed by atoms with van der Waals surface area (Å²) in [5, 5.41) is 14.3. The molecule has 0 aromatic heterocycles. The molecule has 0 unspecified atom stereocenters. The van der Waals surface area contributed by atoms with E-state index >= 15 is 0 Å². The van der Waals surface area contributed by atoms with E-state index in [4.69, 9.17) is 0 Å². The third-order valence-electron chi connectivity index (χ3n) is 4.60. The standard InChI is InChI=1S/C17H32N2O2/c1-3-5-6-13-18-14-7-8-15(4-2)16-9-11-17(12-10-16)19(20)21/h9,15,17-18H,3-8,10-14H2,1-2H3/t15-,17-/m0/s1. The summed E-state index contributed by atoms with van der Waals surface area (Å²) in [7, 11) is 0. The molecule has 1 rings (SSSR count). The number of unbranched alkanes of at least 4 members (excludes halogenated alkanes) is 2. The maximum atomic E-state index is 10.8. The fraction of sp³-hybridized carbons (Fsp3) is 0.882. The van der Waals surface area contributed by atoms with Gasteiger partial charge in [-0.2, -0.15) is 0 Å². The van der Waals surface area contributed by atoms with Crippen LogP contribution in [-0.2, 0) is 0 Å². The van der Waals surface area contributed by atoms with Crippen molar-refractivity contribution in [2.24, 2.45) is 5.92 Å². The number of hydrogen-bond donors (Lipinski definition) is 1. The molecule has 2 atom stereocenters. The van der Waals surface area contributed by atoms with E-state index in [-0.39, 0.29) is 11.0 Å². The van der Waals surface area contributed by atoms with Crippen LogP contribution in [0, 0.1) is 16.0 Å². The van der Waals surface area contributed by atoms with Crippen LogP contribution in [0.2, 0.25) is 0 Å². The Morgan fingerprint density at radius 1 is 1.33 bits per heavy atom. The highest BCUT2D eigenvalue weighted by molar-refractivity contribution is 5.10. The second-order valence-corrected chi connectivity index (χ2v) is 6.20. The van der Waals surface area contributed by atoms with Gasteiger partial charge in [0.15, 0.2) is 0 Å². The van der Waals surface area contributed by atoms with Gasteiger partial charge in [0, 0.05) is 17.8 Å². The van der Waals surface area contributed by atoms with Crippen molar-refractivity contribution in [3.63, 3.8) is 0 Å². The van der Waals surface area contributed by atoms with Crippen LogP contribution in [0.1, 0.15) is 71.6 Å². The van der Waals surface area contributed by atoms with Crippen molar-refractivity contribution in [2.45, 2.75) is 77.7 Å². The van der Waals surface area contributed by atoms with E-state index in [1.165, 1.54) is 37.7 Å². The maximum absolute atomic E-state index is 10.8. The molecule has 122 valence electrons. The SMILES string of the molecule is CCCCCNCCC[C@H](CC)C1=CC[C@H]([N+](=O)[O-])CC1. The maximum Gasteiger partial charge on any atom is 0.216 e. The number of nitrogens with one attached hydrogen (secondary N) is 1. The molecule has 4 heteroatoms. The van der Waals surface area contributed by atoms with Gasteiger partial charge in [0.1, 0.15) is 0 Å². The summed E-state index contributed by atoms with van der Waals surface area (Å²) in [5.74, 6) is 0.634. The van der Waals surface area contributed by atoms with Crippen LogP contribution in [0.5, 0.6) is 0 Å². The molecule has 0 spiro atoms. The van der Waals surface area contributed by atoms with Crippen LogP contribution < -0.4 is 5.32 Å². The van der Waals surface area contributed by atoms with Gasteiger partial charge in [0.05, 0.1) is 0 Å². The van der Waals surface area contributed by atoms with Crippen molar-refractivity contribution in [3.8, 4) is 0 Å². The van der Waals surface area contributed by atoms with Gasteiger partial charge in [-0.25, -0.2) is 0 Å². The third-order valence-corrected chi connectivity index (χ3v) is 4.60. The summed E-state index contributed by atoms with van der Waals surface area (Å²) in [6.45, 7) is 6.70. The zero-order chi connectivity index (χ0) is 15.5. The Kier molecular flexibility index (Phi) is 9.31. The van der Waals surface area contributed by atoms with Crippen LogP contribution >= 0.6 is 0 Å². The Morgan fingerprint density at radius 2 is 2.10 bits per heavy atom. The van der Waals surface area contributed by atoms with Crippen LogP contribution in [0.25, 0.3) is 0 Å². The highest BCUT2D eigenvalue weighted by atomic mass is 16.6. The summed E-state index contributed by atoms with van der Waals surface area (Å²) in [6, 6.07) is -0.341. The first-order valence-corrected chi connectivity index (χ1v) is 8.72. The van der Waals surface area contributed by atoms with E-state index < -0.39 is 0 Å². The number of allylic oxidation sites excluding steroid dienone is 1. The number of nitro groups is 1. The van der Waals surface area contributed by atoms with Crippen LogP contribution in [-0.4, -0.2) is 24.1 Å². The van der Waals surface area contributed by atoms with Crippen LogP contribution in [0.15, 0.2) is 11.6 Å². The average molecular weight is 296 g/mol. The predicted molar refractivity (Wildman–Crippen MR) is 88.1 cm³/mol. The first kappa shape index (κ1) is 18.1. The zero-order valence-corrected chi connectivity index (χ0v) is 13.8. The minimum Gasteiger partial charge on any atom is -0.317 e. The molecule has 0 saturated carbocycles. The lowest BCUT2D eigenvalue weighted by atomic mass is 9.83. The lowest BCUT2D eigenvalue weighted by molar-refractivity contribution is -0.523. The largest absolute Gasteiger partial charge is 0.317 e. The molecular formula is C17H32N2O2. The molecule has 4 nitrogen and oxygen atoms in total. The van der Waals surface area contributed by atoms with Crippen LogP contribution in [0.3, 0.4) is 0 Å². The monoisotopic (exact) mass is 296 g/mol. The van der Waals surface area contributed by atoms with E-state index in [0.717, 1.165) is 32.4 Å². The lowest BCUT2D eigenvalue weighted by Gasteiger charge is -2.23. The molecule has 0 heterocycles. The van der Waals surface area contributed by atoms with E-state index in [9.17, 15) is 10.1 Å². The van der Waals surface area contributed by atoms with Crippen molar-refractivity contribution < 1.29 is 4.92 Å². The quantitative estimate of drug-likeness (QED) is 0.267. The van der Waals surface area contributed by atoms with Gasteiger partial charge in [-0.1, -0.05) is 38.3 Å². The van der Waals surface area contributed by atoms with Gasteiger partial charge in [-0.15, -0.1) is 0 Å². The minimum atomic E-state index is -0.341. The summed E-state index contributed by atoms with van der Waals surface area (Å²) in [5.41, 5.74) is 1.47. The normalized spacial score (nSPS) is 20.1. The van der Waals surface area contributed by atoms with Crippen molar-refractivity contribution in [1.29, 1.82) is 0 Å². The van der Waals surface area contributed by atoms with Gasteiger partial charge >= 0.3 is 0 Å². The predicted octanol–water partition coefficient (Wildman–Crippen LogP) is 4.33. The molecular weight excluding hydrogens is 264 g/mol. The Bertz CT molecular complexity index is 329. The van der Waals surface area contributed by atoms with Gasteiger partial charge in [-0.3, -0.25) is 10.1 Å². The Balaban J connectivity index is 2.21. The molecule has 0 aromatic rings. The molecule has 0 radical (unpaired) electrons. The molecule has 0 bridgehead atoms. The van der Waals surface area contributed by atoms with E-state index in [1.54, 1.807) is 0 Å².